The molecule has 0 fully saturated rings. The van der Waals surface area contributed by atoms with Crippen molar-refractivity contribution in [3.05, 3.63) is 89.5 Å². The SMILES string of the molecule is CC(C)(C)OC(=O)C[C@H](NC(=O)OCC1c2ccccc2-c2ccccc21)C(=O)N[C@@H](Cc1ccc(OC(C)(C)C)cc1)C(=O)OC(C)(C)C. The summed E-state index contributed by atoms with van der Waals surface area (Å²) >= 11 is 0. The van der Waals surface area contributed by atoms with Crippen LogP contribution in [0, 0.1) is 0 Å². The van der Waals surface area contributed by atoms with Gasteiger partial charge < -0.3 is 29.6 Å². The Balaban J connectivity index is 1.52. The van der Waals surface area contributed by atoms with Crippen LogP contribution in [0.1, 0.15) is 91.3 Å². The molecule has 0 saturated carbocycles. The van der Waals surface area contributed by atoms with Crippen molar-refractivity contribution in [2.75, 3.05) is 6.61 Å². The van der Waals surface area contributed by atoms with E-state index >= 15 is 0 Å². The van der Waals surface area contributed by atoms with Crippen molar-refractivity contribution in [1.82, 2.24) is 10.6 Å². The summed E-state index contributed by atoms with van der Waals surface area (Å²) in [6, 6.07) is 20.5. The molecule has 4 rings (SSSR count). The van der Waals surface area contributed by atoms with E-state index in [1.165, 1.54) is 0 Å². The molecule has 2 N–H and O–H groups in total. The molecule has 0 aromatic heterocycles. The van der Waals surface area contributed by atoms with Gasteiger partial charge in [0.15, 0.2) is 0 Å². The van der Waals surface area contributed by atoms with Crippen molar-refractivity contribution in [2.45, 2.75) is 110 Å². The number of ether oxygens (including phenoxy) is 4. The standard InChI is InChI=1S/C40H50N2O8/c1-38(2,3)48-26-20-18-25(19-21-26)22-33(36(45)50-40(7,8)9)41-35(44)32(23-34(43)49-39(4,5)6)42-37(46)47-24-31-29-16-12-10-14-27(29)28-15-11-13-17-30(28)31/h10-21,31-33H,22-24H2,1-9H3,(H,41,44)(H,42,46)/t32-,33-/m0/s1. The van der Waals surface area contributed by atoms with Crippen LogP contribution in [-0.2, 0) is 35.0 Å². The molecule has 10 heteroatoms. The van der Waals surface area contributed by atoms with Gasteiger partial charge in [-0.1, -0.05) is 60.7 Å². The molecule has 0 spiro atoms. The number of amides is 2. The van der Waals surface area contributed by atoms with E-state index in [0.29, 0.717) is 5.75 Å². The van der Waals surface area contributed by atoms with E-state index in [9.17, 15) is 19.2 Å². The molecule has 1 aliphatic carbocycles. The summed E-state index contributed by atoms with van der Waals surface area (Å²) in [5.41, 5.74) is 2.88. The molecule has 3 aromatic carbocycles. The third-order valence-corrected chi connectivity index (χ3v) is 7.54. The molecule has 0 bridgehead atoms. The van der Waals surface area contributed by atoms with Gasteiger partial charge in [0, 0.05) is 12.3 Å². The van der Waals surface area contributed by atoms with Gasteiger partial charge in [0.25, 0.3) is 0 Å². The Kier molecular flexibility index (Phi) is 11.7. The maximum absolute atomic E-state index is 13.8. The van der Waals surface area contributed by atoms with Crippen LogP contribution in [0.25, 0.3) is 11.1 Å². The third-order valence-electron chi connectivity index (χ3n) is 7.54. The van der Waals surface area contributed by atoms with E-state index in [2.05, 4.69) is 10.6 Å². The number of carbonyl (C=O) groups is 4. The monoisotopic (exact) mass is 686 g/mol. The van der Waals surface area contributed by atoms with Crippen LogP contribution in [0.2, 0.25) is 0 Å². The summed E-state index contributed by atoms with van der Waals surface area (Å²) in [6.45, 7) is 16.1. The fraction of sp³-hybridized carbons (Fsp3) is 0.450. The molecule has 10 nitrogen and oxygen atoms in total. The predicted molar refractivity (Wildman–Crippen MR) is 191 cm³/mol. The van der Waals surface area contributed by atoms with Crippen molar-refractivity contribution < 1.29 is 38.1 Å². The van der Waals surface area contributed by atoms with Gasteiger partial charge in [0.2, 0.25) is 5.91 Å². The zero-order chi connectivity index (χ0) is 36.9. The second-order valence-corrected chi connectivity index (χ2v) is 15.5. The Labute approximate surface area is 295 Å². The number of hydrogen-bond acceptors (Lipinski definition) is 8. The first-order valence-electron chi connectivity index (χ1n) is 16.9. The quantitative estimate of drug-likeness (QED) is 0.165. The third kappa shape index (κ3) is 11.1. The number of benzene rings is 3. The van der Waals surface area contributed by atoms with Crippen LogP contribution in [0.15, 0.2) is 72.8 Å². The van der Waals surface area contributed by atoms with E-state index in [1.54, 1.807) is 65.8 Å². The lowest BCUT2D eigenvalue weighted by molar-refractivity contribution is -0.159. The summed E-state index contributed by atoms with van der Waals surface area (Å²) in [5.74, 6) is -1.70. The molecule has 268 valence electrons. The van der Waals surface area contributed by atoms with E-state index in [0.717, 1.165) is 27.8 Å². The molecule has 1 aliphatic rings. The summed E-state index contributed by atoms with van der Waals surface area (Å²) in [6.07, 6.45) is -1.30. The second-order valence-electron chi connectivity index (χ2n) is 15.5. The highest BCUT2D eigenvalue weighted by Crippen LogP contribution is 2.44. The Morgan fingerprint density at radius 1 is 0.660 bits per heavy atom. The average molecular weight is 687 g/mol. The summed E-state index contributed by atoms with van der Waals surface area (Å²) in [7, 11) is 0. The summed E-state index contributed by atoms with van der Waals surface area (Å²) < 4.78 is 22.7. The predicted octanol–water partition coefficient (Wildman–Crippen LogP) is 6.87. The average Bonchev–Trinajstić information content (AvgIpc) is 3.31. The highest BCUT2D eigenvalue weighted by molar-refractivity contribution is 5.92. The Bertz CT molecular complexity index is 1630. The topological polar surface area (TPSA) is 129 Å². The Morgan fingerprint density at radius 2 is 1.20 bits per heavy atom. The van der Waals surface area contributed by atoms with Gasteiger partial charge in [0.1, 0.15) is 41.2 Å². The van der Waals surface area contributed by atoms with Crippen LogP contribution >= 0.6 is 0 Å². The molecule has 2 atom stereocenters. The highest BCUT2D eigenvalue weighted by Gasteiger charge is 2.34. The van der Waals surface area contributed by atoms with Crippen LogP contribution < -0.4 is 15.4 Å². The number of hydrogen-bond donors (Lipinski definition) is 2. The minimum Gasteiger partial charge on any atom is -0.488 e. The first kappa shape index (κ1) is 38.0. The lowest BCUT2D eigenvalue weighted by Crippen LogP contribution is -2.54. The molecule has 50 heavy (non-hydrogen) atoms. The highest BCUT2D eigenvalue weighted by atomic mass is 16.6. The van der Waals surface area contributed by atoms with Gasteiger partial charge in [0.05, 0.1) is 6.42 Å². The van der Waals surface area contributed by atoms with E-state index < -0.39 is 59.2 Å². The number of carbonyl (C=O) groups excluding carboxylic acids is 4. The van der Waals surface area contributed by atoms with Crippen molar-refractivity contribution >= 4 is 23.9 Å². The van der Waals surface area contributed by atoms with Gasteiger partial charge >= 0.3 is 18.0 Å². The maximum atomic E-state index is 13.8. The van der Waals surface area contributed by atoms with Crippen molar-refractivity contribution in [2.24, 2.45) is 0 Å². The molecular weight excluding hydrogens is 636 g/mol. The van der Waals surface area contributed by atoms with E-state index in [4.69, 9.17) is 18.9 Å². The maximum Gasteiger partial charge on any atom is 0.407 e. The molecule has 0 saturated heterocycles. The Morgan fingerprint density at radius 3 is 1.72 bits per heavy atom. The molecule has 0 radical (unpaired) electrons. The molecular formula is C40H50N2O8. The number of fused-ring (bicyclic) bond motifs is 3. The van der Waals surface area contributed by atoms with Crippen molar-refractivity contribution in [3.8, 4) is 16.9 Å². The van der Waals surface area contributed by atoms with Crippen LogP contribution in [0.5, 0.6) is 5.75 Å². The van der Waals surface area contributed by atoms with E-state index in [-0.39, 0.29) is 18.9 Å². The number of alkyl carbamates (subject to hydrolysis) is 1. The van der Waals surface area contributed by atoms with Crippen LogP contribution in [0.3, 0.4) is 0 Å². The lowest BCUT2D eigenvalue weighted by atomic mass is 9.98. The van der Waals surface area contributed by atoms with Crippen molar-refractivity contribution in [3.63, 3.8) is 0 Å². The Hall–Kier alpha value is -4.86. The first-order valence-corrected chi connectivity index (χ1v) is 16.9. The second kappa shape index (κ2) is 15.4. The van der Waals surface area contributed by atoms with Gasteiger partial charge in [-0.25, -0.2) is 9.59 Å². The first-order chi connectivity index (χ1) is 23.3. The summed E-state index contributed by atoms with van der Waals surface area (Å²) in [4.78, 5) is 53.4. The fourth-order valence-corrected chi connectivity index (χ4v) is 5.66. The normalized spacial score (nSPS) is 14.0. The van der Waals surface area contributed by atoms with Gasteiger partial charge in [-0.3, -0.25) is 9.59 Å². The molecule has 0 unspecified atom stereocenters. The van der Waals surface area contributed by atoms with Crippen LogP contribution in [-0.4, -0.2) is 59.4 Å². The fourth-order valence-electron chi connectivity index (χ4n) is 5.66. The zero-order valence-corrected chi connectivity index (χ0v) is 30.5. The van der Waals surface area contributed by atoms with E-state index in [1.807, 2.05) is 69.3 Å². The molecule has 3 aromatic rings. The number of rotatable bonds is 11. The molecule has 2 amide bonds. The summed E-state index contributed by atoms with van der Waals surface area (Å²) in [5, 5.41) is 5.26. The van der Waals surface area contributed by atoms with Crippen LogP contribution in [0.4, 0.5) is 4.79 Å². The number of nitrogens with one attached hydrogen (secondary N) is 2. The zero-order valence-electron chi connectivity index (χ0n) is 30.5. The largest absolute Gasteiger partial charge is 0.488 e. The lowest BCUT2D eigenvalue weighted by Gasteiger charge is -2.27. The van der Waals surface area contributed by atoms with Gasteiger partial charge in [-0.05, 0) is 102 Å². The van der Waals surface area contributed by atoms with Crippen molar-refractivity contribution in [1.29, 1.82) is 0 Å². The minimum absolute atomic E-state index is 0.0100. The van der Waals surface area contributed by atoms with Gasteiger partial charge in [-0.15, -0.1) is 0 Å². The molecule has 0 heterocycles. The number of esters is 2. The van der Waals surface area contributed by atoms with Gasteiger partial charge in [-0.2, -0.15) is 0 Å². The molecule has 0 aliphatic heterocycles. The smallest absolute Gasteiger partial charge is 0.407 e. The minimum atomic E-state index is -1.41.